The van der Waals surface area contributed by atoms with Crippen LogP contribution in [0.3, 0.4) is 0 Å². The van der Waals surface area contributed by atoms with Gasteiger partial charge < -0.3 is 4.89 Å². The van der Waals surface area contributed by atoms with Gasteiger partial charge in [0, 0.05) is 36.9 Å². The monoisotopic (exact) mass is 327 g/mol. The van der Waals surface area contributed by atoms with Crippen molar-refractivity contribution in [2.45, 2.75) is 19.5 Å². The normalized spacial score (nSPS) is 14.7. The van der Waals surface area contributed by atoms with Gasteiger partial charge in [0.1, 0.15) is 0 Å². The molecule has 0 saturated carbocycles. The Morgan fingerprint density at radius 1 is 1.26 bits per heavy atom. The third-order valence-electron chi connectivity index (χ3n) is 4.14. The van der Waals surface area contributed by atoms with Gasteiger partial charge in [-0.15, -0.1) is 0 Å². The highest BCUT2D eigenvalue weighted by Crippen LogP contribution is 2.33. The number of thiophene rings is 1. The summed E-state index contributed by atoms with van der Waals surface area (Å²) in [6, 6.07) is 12.4. The van der Waals surface area contributed by atoms with E-state index in [1.54, 1.807) is 6.20 Å². The molecule has 118 valence electrons. The highest BCUT2D eigenvalue weighted by Gasteiger charge is 2.20. The molecular weight excluding hydrogens is 310 g/mol. The van der Waals surface area contributed by atoms with Crippen molar-refractivity contribution in [3.8, 4) is 10.8 Å². The molecule has 0 amide bonds. The minimum atomic E-state index is 0.584. The van der Waals surface area contributed by atoms with Crippen LogP contribution in [0.1, 0.15) is 16.0 Å². The average Bonchev–Trinajstić information content (AvgIpc) is 3.24. The second kappa shape index (κ2) is 6.16. The first kappa shape index (κ1) is 14.4. The van der Waals surface area contributed by atoms with Crippen molar-refractivity contribution < 1.29 is 10.1 Å². The highest BCUT2D eigenvalue weighted by atomic mass is 32.1. The number of hydrogen-bond acceptors (Lipinski definition) is 5. The fourth-order valence-electron chi connectivity index (χ4n) is 2.96. The zero-order valence-corrected chi connectivity index (χ0v) is 13.4. The second-order valence-corrected chi connectivity index (χ2v) is 6.78. The average molecular weight is 327 g/mol. The molecule has 0 bridgehead atoms. The summed E-state index contributed by atoms with van der Waals surface area (Å²) in [6.45, 7) is 2.85. The van der Waals surface area contributed by atoms with Crippen LogP contribution in [0.15, 0.2) is 48.8 Å². The van der Waals surface area contributed by atoms with E-state index in [-0.39, 0.29) is 0 Å². The van der Waals surface area contributed by atoms with Crippen LogP contribution in [0, 0.1) is 0 Å². The van der Waals surface area contributed by atoms with Crippen molar-refractivity contribution in [2.75, 3.05) is 6.54 Å². The molecule has 0 fully saturated rings. The van der Waals surface area contributed by atoms with E-state index in [1.165, 1.54) is 27.3 Å². The van der Waals surface area contributed by atoms with Crippen molar-refractivity contribution >= 4 is 11.3 Å². The third-order valence-corrected chi connectivity index (χ3v) is 5.17. The van der Waals surface area contributed by atoms with Crippen LogP contribution >= 0.6 is 11.3 Å². The van der Waals surface area contributed by atoms with Crippen LogP contribution in [0.5, 0.6) is 5.06 Å². The third kappa shape index (κ3) is 3.01. The van der Waals surface area contributed by atoms with Gasteiger partial charge in [-0.05, 0) is 41.8 Å². The summed E-state index contributed by atoms with van der Waals surface area (Å²) in [5, 5.41) is 13.6. The van der Waals surface area contributed by atoms with Gasteiger partial charge in [0.2, 0.25) is 5.06 Å². The molecule has 0 saturated heterocycles. The van der Waals surface area contributed by atoms with Gasteiger partial charge in [-0.25, -0.2) is 9.94 Å². The van der Waals surface area contributed by atoms with E-state index in [4.69, 9.17) is 5.26 Å². The SMILES string of the molecule is OOc1cc2c(s1)CN(Cc1ccc(-n3cccn3)cc1)CC2. The number of hydrogen-bond donors (Lipinski definition) is 1. The lowest BCUT2D eigenvalue weighted by Gasteiger charge is -2.26. The van der Waals surface area contributed by atoms with E-state index in [9.17, 15) is 0 Å². The van der Waals surface area contributed by atoms with Crippen molar-refractivity contribution in [1.82, 2.24) is 14.7 Å². The quantitative estimate of drug-likeness (QED) is 0.590. The second-order valence-electron chi connectivity index (χ2n) is 5.68. The van der Waals surface area contributed by atoms with E-state index in [0.29, 0.717) is 5.06 Å². The fourth-order valence-corrected chi connectivity index (χ4v) is 3.98. The summed E-state index contributed by atoms with van der Waals surface area (Å²) in [4.78, 5) is 8.07. The maximum absolute atomic E-state index is 8.78. The number of benzene rings is 1. The Kier molecular flexibility index (Phi) is 3.87. The van der Waals surface area contributed by atoms with E-state index in [2.05, 4.69) is 39.2 Å². The molecule has 1 aromatic carbocycles. The van der Waals surface area contributed by atoms with Gasteiger partial charge in [0.25, 0.3) is 0 Å². The van der Waals surface area contributed by atoms with Crippen molar-refractivity contribution in [2.24, 2.45) is 0 Å². The standard InChI is InChI=1S/C17H17N3O2S/c21-22-17-10-14-6-9-19(12-16(14)23-17)11-13-2-4-15(5-3-13)20-8-1-7-18-20/h1-5,7-8,10,21H,6,9,11-12H2. The lowest BCUT2D eigenvalue weighted by atomic mass is 10.1. The van der Waals surface area contributed by atoms with E-state index >= 15 is 0 Å². The molecule has 0 unspecified atom stereocenters. The van der Waals surface area contributed by atoms with Gasteiger partial charge in [0.05, 0.1) is 5.69 Å². The molecule has 6 heteroatoms. The van der Waals surface area contributed by atoms with Gasteiger partial charge in [-0.2, -0.15) is 5.10 Å². The van der Waals surface area contributed by atoms with Crippen LogP contribution in [0.25, 0.3) is 5.69 Å². The van der Waals surface area contributed by atoms with Gasteiger partial charge in [-0.3, -0.25) is 4.90 Å². The number of fused-ring (bicyclic) bond motifs is 1. The summed E-state index contributed by atoms with van der Waals surface area (Å²) in [5.41, 5.74) is 3.66. The number of aromatic nitrogens is 2. The topological polar surface area (TPSA) is 50.5 Å². The van der Waals surface area contributed by atoms with E-state index < -0.39 is 0 Å². The molecule has 0 radical (unpaired) electrons. The number of rotatable bonds is 4. The Hall–Kier alpha value is -2.15. The Labute approximate surface area is 138 Å². The fraction of sp³-hybridized carbons (Fsp3) is 0.235. The summed E-state index contributed by atoms with van der Waals surface area (Å²) in [7, 11) is 0. The molecule has 0 atom stereocenters. The molecule has 1 aliphatic rings. The van der Waals surface area contributed by atoms with Crippen LogP contribution < -0.4 is 4.89 Å². The van der Waals surface area contributed by atoms with E-state index in [0.717, 1.165) is 31.7 Å². The molecule has 0 aliphatic carbocycles. The minimum Gasteiger partial charge on any atom is -0.329 e. The Bertz CT molecular complexity index is 781. The summed E-state index contributed by atoms with van der Waals surface area (Å²) in [6.07, 6.45) is 4.73. The summed E-state index contributed by atoms with van der Waals surface area (Å²) >= 11 is 1.52. The summed E-state index contributed by atoms with van der Waals surface area (Å²) < 4.78 is 1.86. The maximum atomic E-state index is 8.78. The minimum absolute atomic E-state index is 0.584. The molecule has 1 N–H and O–H groups in total. The predicted octanol–water partition coefficient (Wildman–Crippen LogP) is 3.34. The Balaban J connectivity index is 1.44. The maximum Gasteiger partial charge on any atom is 0.219 e. The first-order valence-corrected chi connectivity index (χ1v) is 8.38. The Morgan fingerprint density at radius 2 is 2.13 bits per heavy atom. The first-order chi connectivity index (χ1) is 11.3. The van der Waals surface area contributed by atoms with Crippen LogP contribution in [-0.4, -0.2) is 26.5 Å². The van der Waals surface area contributed by atoms with Crippen molar-refractivity contribution in [1.29, 1.82) is 0 Å². The number of nitrogens with zero attached hydrogens (tertiary/aromatic N) is 3. The van der Waals surface area contributed by atoms with E-state index in [1.807, 2.05) is 23.0 Å². The molecule has 4 rings (SSSR count). The molecule has 3 heterocycles. The largest absolute Gasteiger partial charge is 0.329 e. The summed E-state index contributed by atoms with van der Waals surface area (Å²) in [5.74, 6) is 0. The lowest BCUT2D eigenvalue weighted by Crippen LogP contribution is -2.28. The Morgan fingerprint density at radius 3 is 2.87 bits per heavy atom. The van der Waals surface area contributed by atoms with Crippen molar-refractivity contribution in [3.05, 3.63) is 64.8 Å². The van der Waals surface area contributed by atoms with Crippen LogP contribution in [0.4, 0.5) is 0 Å². The van der Waals surface area contributed by atoms with Crippen LogP contribution in [-0.2, 0) is 19.5 Å². The smallest absolute Gasteiger partial charge is 0.219 e. The van der Waals surface area contributed by atoms with Gasteiger partial charge >= 0.3 is 0 Å². The molecule has 2 aromatic heterocycles. The predicted molar refractivity (Wildman–Crippen MR) is 89.0 cm³/mol. The zero-order chi connectivity index (χ0) is 15.6. The molecule has 5 nitrogen and oxygen atoms in total. The van der Waals surface area contributed by atoms with Gasteiger partial charge in [-0.1, -0.05) is 23.5 Å². The van der Waals surface area contributed by atoms with Crippen molar-refractivity contribution in [3.63, 3.8) is 0 Å². The molecule has 3 aromatic rings. The highest BCUT2D eigenvalue weighted by molar-refractivity contribution is 7.14. The molecule has 23 heavy (non-hydrogen) atoms. The van der Waals surface area contributed by atoms with Gasteiger partial charge in [0.15, 0.2) is 0 Å². The first-order valence-electron chi connectivity index (χ1n) is 7.56. The molecule has 0 spiro atoms. The molecular formula is C17H17N3O2S. The zero-order valence-electron chi connectivity index (χ0n) is 12.6. The lowest BCUT2D eigenvalue weighted by molar-refractivity contribution is -0.133. The van der Waals surface area contributed by atoms with Crippen LogP contribution in [0.2, 0.25) is 0 Å². The molecule has 1 aliphatic heterocycles.